The van der Waals surface area contributed by atoms with Crippen molar-refractivity contribution in [2.24, 2.45) is 0 Å². The second-order valence-corrected chi connectivity index (χ2v) is 9.25. The summed E-state index contributed by atoms with van der Waals surface area (Å²) >= 11 is 9.53. The van der Waals surface area contributed by atoms with Crippen LogP contribution in [0.5, 0.6) is 5.75 Å². The highest BCUT2D eigenvalue weighted by Crippen LogP contribution is 2.28. The summed E-state index contributed by atoms with van der Waals surface area (Å²) in [6.45, 7) is 1.78. The van der Waals surface area contributed by atoms with Crippen molar-refractivity contribution < 1.29 is 18.7 Å². The first-order valence-corrected chi connectivity index (χ1v) is 12.0. The van der Waals surface area contributed by atoms with E-state index in [1.54, 1.807) is 30.3 Å². The Morgan fingerprint density at radius 1 is 1.22 bits per heavy atom. The average molecular weight is 526 g/mol. The number of amides is 2. The van der Waals surface area contributed by atoms with Gasteiger partial charge in [0, 0.05) is 17.1 Å². The van der Waals surface area contributed by atoms with E-state index in [-0.39, 0.29) is 36.8 Å². The lowest BCUT2D eigenvalue weighted by Crippen LogP contribution is -2.52. The Hall–Kier alpha value is -2.12. The zero-order valence-corrected chi connectivity index (χ0v) is 20.3. The van der Waals surface area contributed by atoms with Gasteiger partial charge in [-0.05, 0) is 55.2 Å². The monoisotopic (exact) mass is 524 g/mol. The van der Waals surface area contributed by atoms with Gasteiger partial charge in [-0.25, -0.2) is 4.39 Å². The molecule has 0 bridgehead atoms. The van der Waals surface area contributed by atoms with Crippen LogP contribution in [0.1, 0.15) is 44.6 Å². The van der Waals surface area contributed by atoms with Gasteiger partial charge >= 0.3 is 0 Å². The number of ether oxygens (including phenoxy) is 1. The number of nitrogens with zero attached hydrogens (tertiary/aromatic N) is 1. The first-order valence-electron chi connectivity index (χ1n) is 10.8. The molecule has 1 fully saturated rings. The van der Waals surface area contributed by atoms with E-state index in [1.807, 2.05) is 6.92 Å². The van der Waals surface area contributed by atoms with Crippen LogP contribution in [-0.2, 0) is 16.1 Å². The summed E-state index contributed by atoms with van der Waals surface area (Å²) in [5.74, 6) is -0.488. The van der Waals surface area contributed by atoms with Crippen LogP contribution in [0.4, 0.5) is 4.39 Å². The van der Waals surface area contributed by atoms with Crippen molar-refractivity contribution in [3.05, 3.63) is 63.3 Å². The standard InChI is InChI=1S/C24H27BrClFN2O3/c1-2-21(24(31)28-19-5-3-4-6-19)29(14-16-7-10-18(27)11-8-16)23(30)15-32-22-12-9-17(25)13-20(22)26/h7-13,19,21H,2-6,14-15H2,1H3,(H,28,31). The molecule has 3 rings (SSSR count). The van der Waals surface area contributed by atoms with Crippen LogP contribution < -0.4 is 10.1 Å². The van der Waals surface area contributed by atoms with Crippen molar-refractivity contribution in [3.8, 4) is 5.75 Å². The van der Waals surface area contributed by atoms with Gasteiger partial charge in [-0.1, -0.05) is 59.4 Å². The summed E-state index contributed by atoms with van der Waals surface area (Å²) in [4.78, 5) is 27.8. The van der Waals surface area contributed by atoms with Crippen LogP contribution in [-0.4, -0.2) is 35.4 Å². The number of benzene rings is 2. The van der Waals surface area contributed by atoms with Gasteiger partial charge in [0.2, 0.25) is 5.91 Å². The Morgan fingerprint density at radius 3 is 2.53 bits per heavy atom. The molecule has 1 aliphatic rings. The number of halogens is 3. The van der Waals surface area contributed by atoms with Crippen LogP contribution >= 0.6 is 27.5 Å². The van der Waals surface area contributed by atoms with E-state index >= 15 is 0 Å². The van der Waals surface area contributed by atoms with Crippen LogP contribution in [0.15, 0.2) is 46.9 Å². The van der Waals surface area contributed by atoms with Gasteiger partial charge in [0.05, 0.1) is 5.02 Å². The maximum Gasteiger partial charge on any atom is 0.261 e. The molecule has 1 aliphatic carbocycles. The van der Waals surface area contributed by atoms with Gasteiger partial charge in [-0.15, -0.1) is 0 Å². The van der Waals surface area contributed by atoms with Crippen LogP contribution in [0.25, 0.3) is 0 Å². The summed E-state index contributed by atoms with van der Waals surface area (Å²) in [7, 11) is 0. The van der Waals surface area contributed by atoms with Crippen molar-refractivity contribution in [3.63, 3.8) is 0 Å². The Bertz CT molecular complexity index is 935. The second kappa shape index (κ2) is 11.7. The Kier molecular flexibility index (Phi) is 8.93. The predicted molar refractivity (Wildman–Crippen MR) is 126 cm³/mol. The third kappa shape index (κ3) is 6.69. The maximum absolute atomic E-state index is 13.4. The average Bonchev–Trinajstić information content (AvgIpc) is 3.27. The fourth-order valence-corrected chi connectivity index (χ4v) is 4.62. The second-order valence-electron chi connectivity index (χ2n) is 7.93. The lowest BCUT2D eigenvalue weighted by Gasteiger charge is -2.31. The number of rotatable bonds is 9. The van der Waals surface area contributed by atoms with E-state index in [9.17, 15) is 14.0 Å². The lowest BCUT2D eigenvalue weighted by molar-refractivity contribution is -0.143. The van der Waals surface area contributed by atoms with Gasteiger partial charge in [0.1, 0.15) is 17.6 Å². The van der Waals surface area contributed by atoms with E-state index in [0.29, 0.717) is 17.2 Å². The van der Waals surface area contributed by atoms with E-state index in [2.05, 4.69) is 21.2 Å². The van der Waals surface area contributed by atoms with Crippen LogP contribution in [0.2, 0.25) is 5.02 Å². The number of hydrogen-bond acceptors (Lipinski definition) is 3. The number of carbonyl (C=O) groups excluding carboxylic acids is 2. The molecule has 0 aliphatic heterocycles. The summed E-state index contributed by atoms with van der Waals surface area (Å²) in [5.41, 5.74) is 0.730. The highest BCUT2D eigenvalue weighted by atomic mass is 79.9. The predicted octanol–water partition coefficient (Wildman–Crippen LogP) is 5.49. The van der Waals surface area contributed by atoms with Gasteiger partial charge < -0.3 is 15.0 Å². The topological polar surface area (TPSA) is 58.6 Å². The van der Waals surface area contributed by atoms with Crippen molar-refractivity contribution in [1.82, 2.24) is 10.2 Å². The zero-order chi connectivity index (χ0) is 23.1. The largest absolute Gasteiger partial charge is 0.482 e. The maximum atomic E-state index is 13.4. The van der Waals surface area contributed by atoms with E-state index in [4.69, 9.17) is 16.3 Å². The summed E-state index contributed by atoms with van der Waals surface area (Å²) in [6, 6.07) is 10.5. The number of nitrogens with one attached hydrogen (secondary N) is 1. The van der Waals surface area contributed by atoms with Gasteiger partial charge in [-0.3, -0.25) is 9.59 Å². The highest BCUT2D eigenvalue weighted by Gasteiger charge is 2.31. The molecule has 0 heterocycles. The van der Waals surface area contributed by atoms with Crippen molar-refractivity contribution in [1.29, 1.82) is 0 Å². The van der Waals surface area contributed by atoms with Crippen molar-refractivity contribution >= 4 is 39.3 Å². The molecule has 2 amide bonds. The van der Waals surface area contributed by atoms with E-state index in [1.165, 1.54) is 17.0 Å². The minimum atomic E-state index is -0.655. The molecule has 2 aromatic rings. The molecule has 32 heavy (non-hydrogen) atoms. The SMILES string of the molecule is CCC(C(=O)NC1CCCC1)N(Cc1ccc(F)cc1)C(=O)COc1ccc(Br)cc1Cl. The molecule has 0 saturated heterocycles. The molecule has 5 nitrogen and oxygen atoms in total. The smallest absolute Gasteiger partial charge is 0.261 e. The number of carbonyl (C=O) groups is 2. The molecule has 1 unspecified atom stereocenters. The molecular weight excluding hydrogens is 499 g/mol. The van der Waals surface area contributed by atoms with E-state index < -0.39 is 6.04 Å². The molecule has 1 atom stereocenters. The normalized spacial score (nSPS) is 14.8. The fraction of sp³-hybridized carbons (Fsp3) is 0.417. The Labute approximate surface area is 201 Å². The summed E-state index contributed by atoms with van der Waals surface area (Å²) in [5, 5.41) is 3.47. The lowest BCUT2D eigenvalue weighted by atomic mass is 10.1. The molecule has 0 spiro atoms. The molecular formula is C24H27BrClFN2O3. The zero-order valence-electron chi connectivity index (χ0n) is 18.0. The Morgan fingerprint density at radius 2 is 1.91 bits per heavy atom. The first-order chi connectivity index (χ1) is 15.4. The van der Waals surface area contributed by atoms with Crippen molar-refractivity contribution in [2.75, 3.05) is 6.61 Å². The summed E-state index contributed by atoms with van der Waals surface area (Å²) in [6.07, 6.45) is 4.56. The molecule has 0 aromatic heterocycles. The van der Waals surface area contributed by atoms with Gasteiger partial charge in [0.15, 0.2) is 6.61 Å². The minimum Gasteiger partial charge on any atom is -0.482 e. The minimum absolute atomic E-state index is 0.150. The number of hydrogen-bond donors (Lipinski definition) is 1. The van der Waals surface area contributed by atoms with E-state index in [0.717, 1.165) is 35.7 Å². The van der Waals surface area contributed by atoms with Crippen LogP contribution in [0.3, 0.4) is 0 Å². The molecule has 0 radical (unpaired) electrons. The Balaban J connectivity index is 1.76. The first kappa shape index (κ1) is 24.5. The van der Waals surface area contributed by atoms with Crippen LogP contribution in [0, 0.1) is 5.82 Å². The quantitative estimate of drug-likeness (QED) is 0.471. The van der Waals surface area contributed by atoms with Crippen molar-refractivity contribution in [2.45, 2.75) is 57.7 Å². The van der Waals surface area contributed by atoms with Gasteiger partial charge in [0.25, 0.3) is 5.91 Å². The molecule has 1 N–H and O–H groups in total. The van der Waals surface area contributed by atoms with Gasteiger partial charge in [-0.2, -0.15) is 0 Å². The molecule has 1 saturated carbocycles. The third-order valence-corrected chi connectivity index (χ3v) is 6.39. The molecule has 172 valence electrons. The highest BCUT2D eigenvalue weighted by molar-refractivity contribution is 9.10. The fourth-order valence-electron chi connectivity index (χ4n) is 3.89. The third-order valence-electron chi connectivity index (χ3n) is 5.60. The molecule has 2 aromatic carbocycles. The molecule has 8 heteroatoms. The summed E-state index contributed by atoms with van der Waals surface area (Å²) < 4.78 is 19.8.